The smallest absolute Gasteiger partial charge is 0.335 e. The summed E-state index contributed by atoms with van der Waals surface area (Å²) in [6.07, 6.45) is 12.4. The first-order valence-corrected chi connectivity index (χ1v) is 12.2. The predicted octanol–water partition coefficient (Wildman–Crippen LogP) is 3.65. The molecule has 2 aromatic rings. The maximum atomic E-state index is 12.1. The van der Waals surface area contributed by atoms with Crippen molar-refractivity contribution < 1.29 is 19.8 Å². The van der Waals surface area contributed by atoms with Crippen molar-refractivity contribution in [1.29, 1.82) is 0 Å². The van der Waals surface area contributed by atoms with Crippen molar-refractivity contribution in [2.45, 2.75) is 12.1 Å². The zero-order chi connectivity index (χ0) is 26.8. The largest absolute Gasteiger partial charge is 0.478 e. The highest BCUT2D eigenvalue weighted by atomic mass is 16.4. The zero-order valence-electron chi connectivity index (χ0n) is 21.1. The molecule has 0 aromatic heterocycles. The Morgan fingerprint density at radius 3 is 2.47 bits per heavy atom. The molecular weight excluding hydrogens is 478 g/mol. The van der Waals surface area contributed by atoms with Crippen molar-refractivity contribution >= 4 is 22.7 Å². The Bertz CT molecular complexity index is 1570. The van der Waals surface area contributed by atoms with Gasteiger partial charge in [0.25, 0.3) is 0 Å². The molecule has 5 rings (SSSR count). The summed E-state index contributed by atoms with van der Waals surface area (Å²) >= 11 is 0. The summed E-state index contributed by atoms with van der Waals surface area (Å²) in [5.74, 6) is 4.53. The molecule has 0 fully saturated rings. The van der Waals surface area contributed by atoms with E-state index in [0.717, 1.165) is 21.9 Å². The average Bonchev–Trinajstić information content (AvgIpc) is 2.92. The third-order valence-corrected chi connectivity index (χ3v) is 6.94. The van der Waals surface area contributed by atoms with E-state index >= 15 is 0 Å². The van der Waals surface area contributed by atoms with Crippen LogP contribution in [0.25, 0.3) is 10.8 Å². The summed E-state index contributed by atoms with van der Waals surface area (Å²) in [7, 11) is 3.82. The summed E-state index contributed by atoms with van der Waals surface area (Å²) in [6.45, 7) is 0.343. The van der Waals surface area contributed by atoms with Crippen LogP contribution in [0.1, 0.15) is 5.56 Å². The highest BCUT2D eigenvalue weighted by Crippen LogP contribution is 2.30. The van der Waals surface area contributed by atoms with Crippen LogP contribution in [0.5, 0.6) is 0 Å². The minimum absolute atomic E-state index is 0.150. The Morgan fingerprint density at radius 1 is 0.921 bits per heavy atom. The number of allylic oxidation sites excluding steroid dienone is 2. The molecule has 0 aliphatic carbocycles. The van der Waals surface area contributed by atoms with E-state index in [1.54, 1.807) is 18.2 Å². The monoisotopic (exact) mass is 505 g/mol. The van der Waals surface area contributed by atoms with E-state index in [-0.39, 0.29) is 23.2 Å². The van der Waals surface area contributed by atoms with Crippen LogP contribution in [-0.2, 0) is 9.59 Å². The van der Waals surface area contributed by atoms with Crippen molar-refractivity contribution in [2.24, 2.45) is 0 Å². The Hall–Kier alpha value is -4.96. The predicted molar refractivity (Wildman–Crippen MR) is 147 cm³/mol. The van der Waals surface area contributed by atoms with Crippen molar-refractivity contribution in [3.8, 4) is 11.8 Å². The molecule has 0 radical (unpaired) electrons. The number of aliphatic carboxylic acids is 2. The zero-order valence-corrected chi connectivity index (χ0v) is 21.1. The fourth-order valence-corrected chi connectivity index (χ4v) is 4.88. The molecule has 0 saturated heterocycles. The van der Waals surface area contributed by atoms with Crippen LogP contribution in [0, 0.1) is 11.8 Å². The van der Waals surface area contributed by atoms with Crippen LogP contribution in [0.3, 0.4) is 0 Å². The lowest BCUT2D eigenvalue weighted by Gasteiger charge is -2.42. The third-order valence-electron chi connectivity index (χ3n) is 6.94. The van der Waals surface area contributed by atoms with Gasteiger partial charge in [-0.1, -0.05) is 54.3 Å². The van der Waals surface area contributed by atoms with E-state index in [0.29, 0.717) is 17.9 Å². The number of nitrogens with zero attached hydrogens (tertiary/aromatic N) is 2. The number of rotatable bonds is 4. The molecule has 2 unspecified atom stereocenters. The minimum Gasteiger partial charge on any atom is -0.478 e. The summed E-state index contributed by atoms with van der Waals surface area (Å²) in [5, 5.41) is 24.7. The molecule has 3 aliphatic heterocycles. The lowest BCUT2D eigenvalue weighted by molar-refractivity contribution is -0.133. The second kappa shape index (κ2) is 10.2. The fraction of sp³-hybridized carbons (Fsp3) is 0.161. The van der Waals surface area contributed by atoms with E-state index in [9.17, 15) is 19.8 Å². The molecule has 190 valence electrons. The number of likely N-dealkylation sites (N-methyl/N-ethyl adjacent to an activating group) is 2. The minimum atomic E-state index is -1.04. The normalized spacial score (nSPS) is 20.7. The third kappa shape index (κ3) is 4.84. The highest BCUT2D eigenvalue weighted by Gasteiger charge is 2.33. The van der Waals surface area contributed by atoms with Crippen molar-refractivity contribution in [2.75, 3.05) is 20.6 Å². The van der Waals surface area contributed by atoms with Gasteiger partial charge in [-0.25, -0.2) is 9.59 Å². The van der Waals surface area contributed by atoms with E-state index in [1.807, 2.05) is 66.5 Å². The van der Waals surface area contributed by atoms with Gasteiger partial charge >= 0.3 is 11.9 Å². The number of benzene rings is 2. The Kier molecular flexibility index (Phi) is 6.63. The number of hydrogen-bond donors (Lipinski definition) is 3. The van der Waals surface area contributed by atoms with Gasteiger partial charge in [-0.2, -0.15) is 0 Å². The van der Waals surface area contributed by atoms with Crippen LogP contribution >= 0.6 is 0 Å². The highest BCUT2D eigenvalue weighted by molar-refractivity contribution is 5.92. The lowest BCUT2D eigenvalue weighted by atomic mass is 9.93. The maximum absolute atomic E-state index is 12.1. The molecule has 0 bridgehead atoms. The number of dihydropyridines is 1. The van der Waals surface area contributed by atoms with Gasteiger partial charge in [0, 0.05) is 38.0 Å². The van der Waals surface area contributed by atoms with Crippen LogP contribution in [0.2, 0.25) is 0 Å². The Balaban J connectivity index is 1.49. The summed E-state index contributed by atoms with van der Waals surface area (Å²) in [6, 6.07) is 13.6. The summed E-state index contributed by atoms with van der Waals surface area (Å²) < 4.78 is 0. The van der Waals surface area contributed by atoms with Crippen LogP contribution < -0.4 is 5.32 Å². The molecule has 3 heterocycles. The molecule has 2 atom stereocenters. The van der Waals surface area contributed by atoms with Crippen molar-refractivity contribution in [1.82, 2.24) is 15.1 Å². The van der Waals surface area contributed by atoms with Crippen molar-refractivity contribution in [3.63, 3.8) is 0 Å². The molecule has 0 spiro atoms. The van der Waals surface area contributed by atoms with Gasteiger partial charge in [0.1, 0.15) is 0 Å². The quantitative estimate of drug-likeness (QED) is 0.546. The molecule has 38 heavy (non-hydrogen) atoms. The first kappa shape index (κ1) is 24.7. The second-order valence-electron chi connectivity index (χ2n) is 9.33. The Morgan fingerprint density at radius 2 is 1.68 bits per heavy atom. The number of nitrogens with one attached hydrogen (secondary N) is 1. The number of fused-ring (bicyclic) bond motifs is 1. The van der Waals surface area contributed by atoms with E-state index in [4.69, 9.17) is 0 Å². The second-order valence-corrected chi connectivity index (χ2v) is 9.33. The maximum Gasteiger partial charge on any atom is 0.335 e. The molecule has 3 aliphatic rings. The van der Waals surface area contributed by atoms with Gasteiger partial charge in [0.2, 0.25) is 0 Å². The summed E-state index contributed by atoms with van der Waals surface area (Å²) in [5.41, 5.74) is 3.27. The molecular formula is C31H27N3O4. The van der Waals surface area contributed by atoms with E-state index < -0.39 is 11.9 Å². The first-order valence-electron chi connectivity index (χ1n) is 12.2. The van der Waals surface area contributed by atoms with Gasteiger partial charge in [-0.05, 0) is 47.2 Å². The number of carbonyl (C=O) groups is 2. The van der Waals surface area contributed by atoms with Gasteiger partial charge in [-0.3, -0.25) is 0 Å². The van der Waals surface area contributed by atoms with E-state index in [2.05, 4.69) is 35.4 Å². The number of hydrogen-bond acceptors (Lipinski definition) is 5. The molecule has 7 heteroatoms. The SMILES string of the molecule is CN1C=CC(C#Cc2cccc3ccccc23)=CC1C1C=C(C(=O)O)C=C(C2=CC(C(=O)O)=CCN2)N1C. The van der Waals surface area contributed by atoms with Gasteiger partial charge in [0.05, 0.1) is 34.6 Å². The first-order chi connectivity index (χ1) is 18.3. The van der Waals surface area contributed by atoms with Crippen molar-refractivity contribution in [3.05, 3.63) is 119 Å². The lowest BCUT2D eigenvalue weighted by Crippen LogP contribution is -2.48. The standard InChI is InChI=1S/C31H27N3O4/c1-33-15-13-20(10-11-22-8-5-7-21-6-3-4-9-25(21)22)16-28(33)29-19-24(31(37)38)18-27(34(29)2)26-17-23(30(35)36)12-14-32-26/h3-9,12-13,15-19,28-29,32H,14H2,1-2H3,(H,35,36)(H,37,38). The summed E-state index contributed by atoms with van der Waals surface area (Å²) in [4.78, 5) is 27.6. The van der Waals surface area contributed by atoms with Crippen LogP contribution in [0.4, 0.5) is 0 Å². The van der Waals surface area contributed by atoms with Gasteiger partial charge < -0.3 is 25.3 Å². The number of carboxylic acid groups (broad SMARTS) is 2. The Labute approximate surface area is 221 Å². The molecule has 0 saturated carbocycles. The fourth-order valence-electron chi connectivity index (χ4n) is 4.88. The number of carboxylic acids is 2. The van der Waals surface area contributed by atoms with Gasteiger partial charge in [-0.15, -0.1) is 0 Å². The topological polar surface area (TPSA) is 93.1 Å². The average molecular weight is 506 g/mol. The molecule has 0 amide bonds. The van der Waals surface area contributed by atoms with E-state index in [1.165, 1.54) is 6.08 Å². The van der Waals surface area contributed by atoms with Crippen LogP contribution in [0.15, 0.2) is 113 Å². The molecule has 7 nitrogen and oxygen atoms in total. The molecule has 3 N–H and O–H groups in total. The van der Waals surface area contributed by atoms with Crippen LogP contribution in [-0.4, -0.2) is 64.7 Å². The molecule has 2 aromatic carbocycles. The van der Waals surface area contributed by atoms with Gasteiger partial charge in [0.15, 0.2) is 0 Å².